The summed E-state index contributed by atoms with van der Waals surface area (Å²) in [6.45, 7) is 4.84. The van der Waals surface area contributed by atoms with Gasteiger partial charge in [0, 0.05) is 38.3 Å². The lowest BCUT2D eigenvalue weighted by Gasteiger charge is -2.50. The summed E-state index contributed by atoms with van der Waals surface area (Å²) in [6, 6.07) is 0. The maximum atomic E-state index is 12.8. The number of ether oxygens (including phenoxy) is 1. The largest absolute Gasteiger partial charge is 0.469 e. The molecule has 0 aromatic heterocycles. The highest BCUT2D eigenvalue weighted by Crippen LogP contribution is 2.34. The van der Waals surface area contributed by atoms with Gasteiger partial charge in [0.1, 0.15) is 0 Å². The number of hydrogen-bond donors (Lipinski definition) is 1. The van der Waals surface area contributed by atoms with E-state index >= 15 is 0 Å². The Morgan fingerprint density at radius 2 is 1.80 bits per heavy atom. The summed E-state index contributed by atoms with van der Waals surface area (Å²) in [5.74, 6) is 0.0541. The minimum absolute atomic E-state index is 0. The molecule has 1 saturated carbocycles. The van der Waals surface area contributed by atoms with Crippen molar-refractivity contribution in [2.45, 2.75) is 50.5 Å². The summed E-state index contributed by atoms with van der Waals surface area (Å²) in [5, 5.41) is 3.53. The fraction of sp³-hybridized carbons (Fsp3) is 0.889. The average Bonchev–Trinajstić information content (AvgIpc) is 2.64. The van der Waals surface area contributed by atoms with Crippen LogP contribution < -0.4 is 5.32 Å². The van der Waals surface area contributed by atoms with E-state index in [1.165, 1.54) is 39.2 Å². The first-order valence-electron chi connectivity index (χ1n) is 9.46. The van der Waals surface area contributed by atoms with Crippen molar-refractivity contribution in [2.75, 3.05) is 46.4 Å². The van der Waals surface area contributed by atoms with Crippen molar-refractivity contribution >= 4 is 24.3 Å². The van der Waals surface area contributed by atoms with E-state index in [1.807, 2.05) is 4.90 Å². The molecule has 0 aromatic carbocycles. The van der Waals surface area contributed by atoms with Gasteiger partial charge >= 0.3 is 5.97 Å². The highest BCUT2D eigenvalue weighted by Gasteiger charge is 2.41. The summed E-state index contributed by atoms with van der Waals surface area (Å²) >= 11 is 0. The molecule has 6 nitrogen and oxygen atoms in total. The number of esters is 1. The lowest BCUT2D eigenvalue weighted by Crippen LogP contribution is -2.63. The van der Waals surface area contributed by atoms with E-state index in [9.17, 15) is 9.59 Å². The van der Waals surface area contributed by atoms with Crippen LogP contribution in [0.1, 0.15) is 44.9 Å². The number of carbonyl (C=O) groups excluding carboxylic acids is 2. The van der Waals surface area contributed by atoms with Gasteiger partial charge in [-0.05, 0) is 25.7 Å². The third-order valence-electron chi connectivity index (χ3n) is 6.18. The lowest BCUT2D eigenvalue weighted by atomic mass is 9.79. The van der Waals surface area contributed by atoms with Crippen LogP contribution in [0.15, 0.2) is 0 Å². The molecule has 3 aliphatic rings. The monoisotopic (exact) mass is 373 g/mol. The molecule has 3 fully saturated rings. The first-order valence-corrected chi connectivity index (χ1v) is 9.46. The van der Waals surface area contributed by atoms with E-state index in [0.717, 1.165) is 32.5 Å². The highest BCUT2D eigenvalue weighted by atomic mass is 35.5. The zero-order valence-corrected chi connectivity index (χ0v) is 16.1. The topological polar surface area (TPSA) is 61.9 Å². The van der Waals surface area contributed by atoms with Gasteiger partial charge in [0.2, 0.25) is 5.91 Å². The Kier molecular flexibility index (Phi) is 7.52. The fourth-order valence-electron chi connectivity index (χ4n) is 4.63. The number of methoxy groups -OCH3 is 1. The standard InChI is InChI=1S/C18H31N3O3.ClH/c1-24-17(23)15-5-10-20(11-6-15)16(22)13-21-12-9-19-14-18(21)7-3-2-4-8-18;/h15,19H,2-14H2,1H3;1H. The van der Waals surface area contributed by atoms with Gasteiger partial charge < -0.3 is 15.0 Å². The lowest BCUT2D eigenvalue weighted by molar-refractivity contribution is -0.149. The van der Waals surface area contributed by atoms with E-state index in [0.29, 0.717) is 19.6 Å². The molecular formula is C18H32ClN3O3. The van der Waals surface area contributed by atoms with Crippen LogP contribution in [-0.2, 0) is 14.3 Å². The van der Waals surface area contributed by atoms with E-state index in [2.05, 4.69) is 10.2 Å². The Morgan fingerprint density at radius 3 is 2.44 bits per heavy atom. The number of hydrogen-bond acceptors (Lipinski definition) is 5. The van der Waals surface area contributed by atoms with Gasteiger partial charge in [0.25, 0.3) is 0 Å². The average molecular weight is 374 g/mol. The maximum absolute atomic E-state index is 12.8. The van der Waals surface area contributed by atoms with Gasteiger partial charge in [0.15, 0.2) is 0 Å². The van der Waals surface area contributed by atoms with Crippen molar-refractivity contribution in [1.29, 1.82) is 0 Å². The van der Waals surface area contributed by atoms with Gasteiger partial charge in [-0.2, -0.15) is 0 Å². The Balaban J connectivity index is 0.00000225. The van der Waals surface area contributed by atoms with E-state index < -0.39 is 0 Å². The molecule has 0 bridgehead atoms. The van der Waals surface area contributed by atoms with Gasteiger partial charge in [-0.1, -0.05) is 19.3 Å². The number of halogens is 1. The number of rotatable bonds is 3. The zero-order valence-electron chi connectivity index (χ0n) is 15.3. The Labute approximate surface area is 157 Å². The molecule has 2 heterocycles. The molecule has 0 radical (unpaired) electrons. The van der Waals surface area contributed by atoms with Gasteiger partial charge in [-0.25, -0.2) is 0 Å². The fourth-order valence-corrected chi connectivity index (χ4v) is 4.63. The molecule has 0 aromatic rings. The summed E-state index contributed by atoms with van der Waals surface area (Å²) in [4.78, 5) is 28.8. The Bertz CT molecular complexity index is 452. The minimum atomic E-state index is -0.134. The summed E-state index contributed by atoms with van der Waals surface area (Å²) in [6.07, 6.45) is 7.74. The van der Waals surface area contributed by atoms with Crippen molar-refractivity contribution < 1.29 is 14.3 Å². The van der Waals surface area contributed by atoms with E-state index in [4.69, 9.17) is 4.74 Å². The number of likely N-dealkylation sites (tertiary alicyclic amines) is 1. The van der Waals surface area contributed by atoms with Crippen molar-refractivity contribution in [1.82, 2.24) is 15.1 Å². The van der Waals surface area contributed by atoms with Crippen LogP contribution in [0.25, 0.3) is 0 Å². The second kappa shape index (κ2) is 9.19. The van der Waals surface area contributed by atoms with Gasteiger partial charge in [-0.15, -0.1) is 12.4 Å². The first-order chi connectivity index (χ1) is 11.6. The molecule has 2 aliphatic heterocycles. The maximum Gasteiger partial charge on any atom is 0.308 e. The molecule has 1 amide bonds. The van der Waals surface area contributed by atoms with Crippen molar-refractivity contribution in [3.8, 4) is 0 Å². The number of piperidine rings is 1. The minimum Gasteiger partial charge on any atom is -0.469 e. The van der Waals surface area contributed by atoms with Crippen LogP contribution in [0.2, 0.25) is 0 Å². The number of amides is 1. The molecule has 1 N–H and O–H groups in total. The third kappa shape index (κ3) is 4.66. The van der Waals surface area contributed by atoms with Crippen LogP contribution >= 0.6 is 12.4 Å². The van der Waals surface area contributed by atoms with Gasteiger partial charge in [0.05, 0.1) is 19.6 Å². The Morgan fingerprint density at radius 1 is 1.12 bits per heavy atom. The smallest absolute Gasteiger partial charge is 0.308 e. The third-order valence-corrected chi connectivity index (χ3v) is 6.18. The second-order valence-electron chi connectivity index (χ2n) is 7.56. The summed E-state index contributed by atoms with van der Waals surface area (Å²) in [5.41, 5.74) is 0.191. The van der Waals surface area contributed by atoms with Crippen LogP contribution in [0, 0.1) is 5.92 Å². The molecule has 25 heavy (non-hydrogen) atoms. The summed E-state index contributed by atoms with van der Waals surface area (Å²) in [7, 11) is 1.44. The summed E-state index contributed by atoms with van der Waals surface area (Å²) < 4.78 is 4.82. The van der Waals surface area contributed by atoms with Gasteiger partial charge in [-0.3, -0.25) is 14.5 Å². The molecule has 2 saturated heterocycles. The molecular weight excluding hydrogens is 342 g/mol. The van der Waals surface area contributed by atoms with Crippen LogP contribution in [0.5, 0.6) is 0 Å². The SMILES string of the molecule is COC(=O)C1CCN(C(=O)CN2CCNCC23CCCCC3)CC1.Cl. The number of nitrogens with one attached hydrogen (secondary N) is 1. The molecule has 7 heteroatoms. The molecule has 1 aliphatic carbocycles. The normalized spacial score (nSPS) is 24.6. The van der Waals surface area contributed by atoms with Crippen molar-refractivity contribution in [2.24, 2.45) is 5.92 Å². The van der Waals surface area contributed by atoms with E-state index in [-0.39, 0.29) is 35.7 Å². The molecule has 0 unspecified atom stereocenters. The van der Waals surface area contributed by atoms with Crippen molar-refractivity contribution in [3.63, 3.8) is 0 Å². The van der Waals surface area contributed by atoms with Crippen LogP contribution in [0.3, 0.4) is 0 Å². The number of nitrogens with zero attached hydrogens (tertiary/aromatic N) is 2. The Hall–Kier alpha value is -0.850. The van der Waals surface area contributed by atoms with E-state index in [1.54, 1.807) is 0 Å². The van der Waals surface area contributed by atoms with Crippen LogP contribution in [0.4, 0.5) is 0 Å². The second-order valence-corrected chi connectivity index (χ2v) is 7.56. The molecule has 144 valence electrons. The predicted molar refractivity (Wildman–Crippen MR) is 98.8 cm³/mol. The number of carbonyl (C=O) groups is 2. The molecule has 3 rings (SSSR count). The first kappa shape index (κ1) is 20.5. The highest BCUT2D eigenvalue weighted by molar-refractivity contribution is 5.85. The number of piperazine rings is 1. The quantitative estimate of drug-likeness (QED) is 0.758. The van der Waals surface area contributed by atoms with Crippen molar-refractivity contribution in [3.05, 3.63) is 0 Å². The zero-order chi connectivity index (χ0) is 17.0. The van der Waals surface area contributed by atoms with Crippen LogP contribution in [-0.4, -0.2) is 73.6 Å². The predicted octanol–water partition coefficient (Wildman–Crippen LogP) is 1.43. The molecule has 1 spiro atoms. The molecule has 0 atom stereocenters.